The van der Waals surface area contributed by atoms with E-state index in [0.29, 0.717) is 0 Å². The second-order valence-electron chi connectivity index (χ2n) is 4.27. The van der Waals surface area contributed by atoms with Crippen molar-refractivity contribution < 1.29 is 14.7 Å². The summed E-state index contributed by atoms with van der Waals surface area (Å²) in [6.45, 7) is 4.77. The minimum absolute atomic E-state index is 0.0526. The molecular formula is C14H16BrNO3. The Morgan fingerprint density at radius 2 is 1.79 bits per heavy atom. The fourth-order valence-corrected chi connectivity index (χ4v) is 2.17. The fourth-order valence-electron chi connectivity index (χ4n) is 1.54. The summed E-state index contributed by atoms with van der Waals surface area (Å²) in [5.41, 5.74) is 1.21. The molecule has 0 saturated heterocycles. The molecule has 5 heteroatoms. The molecule has 0 fully saturated rings. The molecule has 0 spiro atoms. The van der Waals surface area contributed by atoms with E-state index < -0.39 is 5.97 Å². The van der Waals surface area contributed by atoms with Crippen LogP contribution in [0.3, 0.4) is 0 Å². The van der Waals surface area contributed by atoms with Crippen LogP contribution in [0.1, 0.15) is 32.4 Å². The van der Waals surface area contributed by atoms with Crippen molar-refractivity contribution in [3.8, 4) is 0 Å². The highest BCUT2D eigenvalue weighted by Crippen LogP contribution is 2.23. The van der Waals surface area contributed by atoms with Gasteiger partial charge in [0.15, 0.2) is 0 Å². The highest BCUT2D eigenvalue weighted by atomic mass is 79.9. The van der Waals surface area contributed by atoms with Crippen molar-refractivity contribution in [3.05, 3.63) is 45.4 Å². The lowest BCUT2D eigenvalue weighted by Gasteiger charge is -2.16. The molecule has 0 aliphatic heterocycles. The monoisotopic (exact) mass is 325 g/mol. The van der Waals surface area contributed by atoms with Crippen LogP contribution >= 0.6 is 15.9 Å². The summed E-state index contributed by atoms with van der Waals surface area (Å²) in [5, 5.41) is 11.6. The van der Waals surface area contributed by atoms with E-state index in [1.165, 1.54) is 13.8 Å². The molecule has 4 nitrogen and oxygen atoms in total. The second-order valence-corrected chi connectivity index (χ2v) is 5.13. The molecular weight excluding hydrogens is 310 g/mol. The third-order valence-corrected chi connectivity index (χ3v) is 3.67. The van der Waals surface area contributed by atoms with E-state index in [1.54, 1.807) is 0 Å². The lowest BCUT2D eigenvalue weighted by molar-refractivity contribution is -0.133. The Morgan fingerprint density at radius 1 is 1.21 bits per heavy atom. The van der Waals surface area contributed by atoms with Gasteiger partial charge in [-0.3, -0.25) is 4.79 Å². The lowest BCUT2D eigenvalue weighted by atomic mass is 10.1. The van der Waals surface area contributed by atoms with E-state index in [-0.39, 0.29) is 23.1 Å². The van der Waals surface area contributed by atoms with Gasteiger partial charge in [-0.2, -0.15) is 0 Å². The van der Waals surface area contributed by atoms with Crippen molar-refractivity contribution in [1.82, 2.24) is 5.32 Å². The Morgan fingerprint density at radius 3 is 2.32 bits per heavy atom. The van der Waals surface area contributed by atoms with Crippen molar-refractivity contribution >= 4 is 27.8 Å². The zero-order valence-corrected chi connectivity index (χ0v) is 12.6. The molecule has 1 aromatic rings. The zero-order valence-electron chi connectivity index (χ0n) is 11.0. The molecule has 1 amide bonds. The van der Waals surface area contributed by atoms with E-state index in [4.69, 9.17) is 5.11 Å². The number of halogens is 1. The average molecular weight is 326 g/mol. The van der Waals surface area contributed by atoms with Crippen LogP contribution < -0.4 is 5.32 Å². The van der Waals surface area contributed by atoms with Gasteiger partial charge in [0.2, 0.25) is 5.91 Å². The molecule has 1 rings (SSSR count). The first-order valence-corrected chi connectivity index (χ1v) is 6.60. The molecule has 0 heterocycles. The molecule has 1 atom stereocenters. The summed E-state index contributed by atoms with van der Waals surface area (Å²) in [6.07, 6.45) is 0. The SMILES string of the molecule is CC(C(=O)O)=C(C)C(=O)NC(C)c1ccccc1Br. The number of benzene rings is 1. The van der Waals surface area contributed by atoms with Crippen LogP contribution in [0.2, 0.25) is 0 Å². The number of carboxylic acids is 1. The number of nitrogens with one attached hydrogen (secondary N) is 1. The van der Waals surface area contributed by atoms with Gasteiger partial charge < -0.3 is 10.4 Å². The molecule has 0 aliphatic carbocycles. The van der Waals surface area contributed by atoms with Crippen LogP contribution in [-0.2, 0) is 9.59 Å². The number of carbonyl (C=O) groups is 2. The molecule has 19 heavy (non-hydrogen) atoms. The van der Waals surface area contributed by atoms with Gasteiger partial charge in [0.1, 0.15) is 0 Å². The first kappa shape index (κ1) is 15.4. The zero-order chi connectivity index (χ0) is 14.6. The van der Waals surface area contributed by atoms with Crippen molar-refractivity contribution in [3.63, 3.8) is 0 Å². The third kappa shape index (κ3) is 3.92. The molecule has 2 N–H and O–H groups in total. The van der Waals surface area contributed by atoms with Crippen LogP contribution in [-0.4, -0.2) is 17.0 Å². The highest BCUT2D eigenvalue weighted by molar-refractivity contribution is 9.10. The minimum atomic E-state index is -1.08. The Kier molecular flexibility index (Phi) is 5.30. The summed E-state index contributed by atoms with van der Waals surface area (Å²) in [6, 6.07) is 7.36. The molecule has 0 radical (unpaired) electrons. The topological polar surface area (TPSA) is 66.4 Å². The standard InChI is InChI=1S/C14H16BrNO3/c1-8(9(2)14(18)19)13(17)16-10(3)11-6-4-5-7-12(11)15/h4-7,10H,1-3H3,(H,16,17)(H,18,19). The molecule has 0 aliphatic rings. The molecule has 0 saturated carbocycles. The normalized spacial score (nSPS) is 13.5. The number of hydrogen-bond acceptors (Lipinski definition) is 2. The number of amides is 1. The molecule has 102 valence electrons. The predicted octanol–water partition coefficient (Wildman–Crippen LogP) is 3.05. The van der Waals surface area contributed by atoms with Gasteiger partial charge in [0.25, 0.3) is 0 Å². The summed E-state index contributed by atoms with van der Waals surface area (Å²) in [5.74, 6) is -1.45. The summed E-state index contributed by atoms with van der Waals surface area (Å²) in [4.78, 5) is 22.7. The predicted molar refractivity (Wildman–Crippen MR) is 76.7 cm³/mol. The van der Waals surface area contributed by atoms with Crippen molar-refractivity contribution in [1.29, 1.82) is 0 Å². The number of carboxylic acid groups (broad SMARTS) is 1. The molecule has 1 aromatic carbocycles. The van der Waals surface area contributed by atoms with Crippen LogP contribution in [0.4, 0.5) is 0 Å². The molecule has 1 unspecified atom stereocenters. The Bertz CT molecular complexity index is 537. The minimum Gasteiger partial charge on any atom is -0.478 e. The van der Waals surface area contributed by atoms with Gasteiger partial charge in [0, 0.05) is 15.6 Å². The van der Waals surface area contributed by atoms with Crippen LogP contribution in [0.25, 0.3) is 0 Å². The average Bonchev–Trinajstić information content (AvgIpc) is 2.37. The second kappa shape index (κ2) is 6.52. The van der Waals surface area contributed by atoms with E-state index in [2.05, 4.69) is 21.2 Å². The fraction of sp³-hybridized carbons (Fsp3) is 0.286. The Hall–Kier alpha value is -1.62. The van der Waals surface area contributed by atoms with Crippen molar-refractivity contribution in [2.24, 2.45) is 0 Å². The maximum atomic E-state index is 11.9. The van der Waals surface area contributed by atoms with Crippen molar-refractivity contribution in [2.45, 2.75) is 26.8 Å². The van der Waals surface area contributed by atoms with E-state index in [0.717, 1.165) is 10.0 Å². The third-order valence-electron chi connectivity index (χ3n) is 2.94. The summed E-state index contributed by atoms with van der Waals surface area (Å²) in [7, 11) is 0. The van der Waals surface area contributed by atoms with Crippen LogP contribution in [0.15, 0.2) is 39.9 Å². The van der Waals surface area contributed by atoms with E-state index in [1.807, 2.05) is 31.2 Å². The lowest BCUT2D eigenvalue weighted by Crippen LogP contribution is -2.28. The van der Waals surface area contributed by atoms with Gasteiger partial charge >= 0.3 is 5.97 Å². The van der Waals surface area contributed by atoms with E-state index in [9.17, 15) is 9.59 Å². The highest BCUT2D eigenvalue weighted by Gasteiger charge is 2.16. The number of carbonyl (C=O) groups excluding carboxylic acids is 1. The Labute approximate surface area is 120 Å². The van der Waals surface area contributed by atoms with Crippen molar-refractivity contribution in [2.75, 3.05) is 0 Å². The number of aliphatic carboxylic acids is 1. The van der Waals surface area contributed by atoms with Gasteiger partial charge in [-0.15, -0.1) is 0 Å². The van der Waals surface area contributed by atoms with Crippen LogP contribution in [0, 0.1) is 0 Å². The summed E-state index contributed by atoms with van der Waals surface area (Å²) >= 11 is 3.42. The largest absolute Gasteiger partial charge is 0.478 e. The first-order chi connectivity index (χ1) is 8.84. The maximum absolute atomic E-state index is 11.9. The molecule has 0 aromatic heterocycles. The number of hydrogen-bond donors (Lipinski definition) is 2. The van der Waals surface area contributed by atoms with Gasteiger partial charge in [0.05, 0.1) is 6.04 Å². The maximum Gasteiger partial charge on any atom is 0.331 e. The Balaban J connectivity index is 2.87. The first-order valence-electron chi connectivity index (χ1n) is 5.80. The quantitative estimate of drug-likeness (QED) is 0.836. The molecule has 0 bridgehead atoms. The smallest absolute Gasteiger partial charge is 0.331 e. The number of rotatable bonds is 4. The van der Waals surface area contributed by atoms with Gasteiger partial charge in [-0.05, 0) is 32.4 Å². The van der Waals surface area contributed by atoms with Gasteiger partial charge in [-0.25, -0.2) is 4.79 Å². The van der Waals surface area contributed by atoms with E-state index >= 15 is 0 Å². The van der Waals surface area contributed by atoms with Gasteiger partial charge in [-0.1, -0.05) is 34.1 Å². The summed E-state index contributed by atoms with van der Waals surface area (Å²) < 4.78 is 0.902. The van der Waals surface area contributed by atoms with Crippen LogP contribution in [0.5, 0.6) is 0 Å².